The van der Waals surface area contributed by atoms with Gasteiger partial charge < -0.3 is 4.74 Å². The lowest BCUT2D eigenvalue weighted by Gasteiger charge is -2.12. The average Bonchev–Trinajstić information content (AvgIpc) is 2.46. The maximum Gasteiger partial charge on any atom is 0.417 e. The summed E-state index contributed by atoms with van der Waals surface area (Å²) in [6.45, 7) is 0. The Morgan fingerprint density at radius 3 is 2.52 bits per heavy atom. The van der Waals surface area contributed by atoms with Gasteiger partial charge in [0.05, 0.1) is 23.4 Å². The van der Waals surface area contributed by atoms with E-state index in [9.17, 15) is 13.2 Å². The Balaban J connectivity index is 2.54. The number of ether oxygens (including phenoxy) is 1. The predicted molar refractivity (Wildman–Crippen MR) is 78.0 cm³/mol. The molecule has 112 valence electrons. The van der Waals surface area contributed by atoms with Crippen LogP contribution in [-0.2, 0) is 6.18 Å². The molecule has 0 radical (unpaired) electrons. The van der Waals surface area contributed by atoms with Crippen molar-refractivity contribution >= 4 is 23.4 Å². The van der Waals surface area contributed by atoms with Crippen LogP contribution in [0.25, 0.3) is 11.3 Å². The van der Waals surface area contributed by atoms with E-state index in [2.05, 4.69) is 4.98 Å². The van der Waals surface area contributed by atoms with Crippen molar-refractivity contribution < 1.29 is 17.9 Å². The van der Waals surface area contributed by atoms with Crippen LogP contribution in [0.15, 0.2) is 35.4 Å². The van der Waals surface area contributed by atoms with Crippen LogP contribution in [0.3, 0.4) is 0 Å². The molecule has 0 saturated heterocycles. The van der Waals surface area contributed by atoms with E-state index in [1.54, 1.807) is 24.5 Å². The van der Waals surface area contributed by atoms with E-state index in [0.717, 1.165) is 12.3 Å². The second-order valence-electron chi connectivity index (χ2n) is 4.12. The highest BCUT2D eigenvalue weighted by Crippen LogP contribution is 2.37. The SMILES string of the molecule is COc1cc(-c2ncc(C(F)(F)F)cc2SC)ccc1Cl. The zero-order valence-corrected chi connectivity index (χ0v) is 12.7. The van der Waals surface area contributed by atoms with Crippen molar-refractivity contribution in [2.24, 2.45) is 0 Å². The van der Waals surface area contributed by atoms with Gasteiger partial charge in [0, 0.05) is 16.7 Å². The lowest BCUT2D eigenvalue weighted by molar-refractivity contribution is -0.138. The fourth-order valence-corrected chi connectivity index (χ4v) is 2.58. The Kier molecular flexibility index (Phi) is 4.68. The van der Waals surface area contributed by atoms with Gasteiger partial charge in [0.2, 0.25) is 0 Å². The number of nitrogens with zero attached hydrogens (tertiary/aromatic N) is 1. The van der Waals surface area contributed by atoms with Gasteiger partial charge in [0.25, 0.3) is 0 Å². The summed E-state index contributed by atoms with van der Waals surface area (Å²) in [7, 11) is 1.47. The first-order valence-electron chi connectivity index (χ1n) is 5.82. The van der Waals surface area contributed by atoms with Gasteiger partial charge in [-0.05, 0) is 24.5 Å². The molecule has 0 N–H and O–H groups in total. The smallest absolute Gasteiger partial charge is 0.417 e. The second kappa shape index (κ2) is 6.15. The molecule has 1 aromatic heterocycles. The molecule has 0 amide bonds. The first-order valence-corrected chi connectivity index (χ1v) is 7.42. The molecule has 2 aromatic rings. The fourth-order valence-electron chi connectivity index (χ4n) is 1.78. The third kappa shape index (κ3) is 3.44. The lowest BCUT2D eigenvalue weighted by Crippen LogP contribution is -2.06. The predicted octanol–water partition coefficient (Wildman–Crippen LogP) is 5.15. The average molecular weight is 334 g/mol. The number of benzene rings is 1. The van der Waals surface area contributed by atoms with Crippen LogP contribution in [-0.4, -0.2) is 18.3 Å². The molecular formula is C14H11ClF3NOS. The van der Waals surface area contributed by atoms with Crippen molar-refractivity contribution in [3.63, 3.8) is 0 Å². The van der Waals surface area contributed by atoms with Gasteiger partial charge in [-0.3, -0.25) is 4.98 Å². The van der Waals surface area contributed by atoms with Crippen LogP contribution >= 0.6 is 23.4 Å². The zero-order valence-electron chi connectivity index (χ0n) is 11.2. The summed E-state index contributed by atoms with van der Waals surface area (Å²) in [4.78, 5) is 4.39. The van der Waals surface area contributed by atoms with Gasteiger partial charge in [-0.15, -0.1) is 11.8 Å². The van der Waals surface area contributed by atoms with E-state index in [0.29, 0.717) is 26.9 Å². The summed E-state index contributed by atoms with van der Waals surface area (Å²) in [5.74, 6) is 0.447. The Morgan fingerprint density at radius 2 is 1.95 bits per heavy atom. The van der Waals surface area contributed by atoms with Crippen LogP contribution in [0, 0.1) is 0 Å². The van der Waals surface area contributed by atoms with Gasteiger partial charge in [-0.1, -0.05) is 17.7 Å². The molecule has 0 bridgehead atoms. The third-order valence-electron chi connectivity index (χ3n) is 2.82. The standard InChI is InChI=1S/C14H11ClF3NOS/c1-20-11-5-8(3-4-10(11)15)13-12(21-2)6-9(7-19-13)14(16,17)18/h3-7H,1-2H3. The number of thioether (sulfide) groups is 1. The van der Waals surface area contributed by atoms with Crippen molar-refractivity contribution in [2.75, 3.05) is 13.4 Å². The molecule has 2 nitrogen and oxygen atoms in total. The molecule has 7 heteroatoms. The van der Waals surface area contributed by atoms with Crippen LogP contribution in [0.2, 0.25) is 5.02 Å². The number of aromatic nitrogens is 1. The summed E-state index contributed by atoms with van der Waals surface area (Å²) in [6, 6.07) is 6.06. The van der Waals surface area contributed by atoms with Gasteiger partial charge in [0.1, 0.15) is 5.75 Å². The number of pyridine rings is 1. The summed E-state index contributed by atoms with van der Waals surface area (Å²) >= 11 is 7.15. The molecule has 21 heavy (non-hydrogen) atoms. The van der Waals surface area contributed by atoms with E-state index in [4.69, 9.17) is 16.3 Å². The van der Waals surface area contributed by atoms with Gasteiger partial charge in [-0.2, -0.15) is 13.2 Å². The monoisotopic (exact) mass is 333 g/mol. The Labute approximate surface area is 129 Å². The summed E-state index contributed by atoms with van der Waals surface area (Å²) < 4.78 is 43.3. The maximum atomic E-state index is 12.7. The van der Waals surface area contributed by atoms with E-state index in [1.807, 2.05) is 0 Å². The number of hydrogen-bond acceptors (Lipinski definition) is 3. The lowest BCUT2D eigenvalue weighted by atomic mass is 10.1. The minimum atomic E-state index is -4.41. The molecule has 2 rings (SSSR count). The second-order valence-corrected chi connectivity index (χ2v) is 5.38. The summed E-state index contributed by atoms with van der Waals surface area (Å²) in [5.41, 5.74) is 0.344. The van der Waals surface area contributed by atoms with Gasteiger partial charge in [-0.25, -0.2) is 0 Å². The van der Waals surface area contributed by atoms with Crippen molar-refractivity contribution in [1.82, 2.24) is 4.98 Å². The first-order chi connectivity index (χ1) is 9.86. The Hall–Kier alpha value is -1.40. The number of alkyl halides is 3. The molecular weight excluding hydrogens is 323 g/mol. The van der Waals surface area contributed by atoms with Crippen LogP contribution < -0.4 is 4.74 Å². The van der Waals surface area contributed by atoms with Crippen LogP contribution in [0.1, 0.15) is 5.56 Å². The molecule has 0 unspecified atom stereocenters. The highest BCUT2D eigenvalue weighted by molar-refractivity contribution is 7.98. The molecule has 0 fully saturated rings. The van der Waals surface area contributed by atoms with E-state index in [1.165, 1.54) is 18.9 Å². The van der Waals surface area contributed by atoms with Crippen molar-refractivity contribution in [3.8, 4) is 17.0 Å². The number of hydrogen-bond donors (Lipinski definition) is 0. The highest BCUT2D eigenvalue weighted by Gasteiger charge is 2.31. The largest absolute Gasteiger partial charge is 0.495 e. The van der Waals surface area contributed by atoms with E-state index < -0.39 is 11.7 Å². The fraction of sp³-hybridized carbons (Fsp3) is 0.214. The minimum absolute atomic E-state index is 0.430. The first kappa shape index (κ1) is 16.0. The van der Waals surface area contributed by atoms with Gasteiger partial charge >= 0.3 is 6.18 Å². The molecule has 0 spiro atoms. The highest BCUT2D eigenvalue weighted by atomic mass is 35.5. The normalized spacial score (nSPS) is 11.5. The van der Waals surface area contributed by atoms with E-state index in [-0.39, 0.29) is 0 Å². The zero-order chi connectivity index (χ0) is 15.6. The molecule has 1 aromatic carbocycles. The van der Waals surface area contributed by atoms with Gasteiger partial charge in [0.15, 0.2) is 0 Å². The molecule has 0 atom stereocenters. The molecule has 0 saturated carbocycles. The number of halogens is 4. The summed E-state index contributed by atoms with van der Waals surface area (Å²) in [5, 5.41) is 0.430. The Morgan fingerprint density at radius 1 is 1.24 bits per heavy atom. The number of rotatable bonds is 3. The molecule has 0 aliphatic carbocycles. The van der Waals surface area contributed by atoms with Crippen LogP contribution in [0.4, 0.5) is 13.2 Å². The minimum Gasteiger partial charge on any atom is -0.495 e. The maximum absolute atomic E-state index is 12.7. The van der Waals surface area contributed by atoms with Crippen LogP contribution in [0.5, 0.6) is 5.75 Å². The van der Waals surface area contributed by atoms with Crippen molar-refractivity contribution in [3.05, 3.63) is 41.0 Å². The molecule has 0 aliphatic rings. The molecule has 0 aliphatic heterocycles. The quantitative estimate of drug-likeness (QED) is 0.725. The van der Waals surface area contributed by atoms with E-state index >= 15 is 0 Å². The Bertz CT molecular complexity index is 661. The topological polar surface area (TPSA) is 22.1 Å². The van der Waals surface area contributed by atoms with Crippen molar-refractivity contribution in [2.45, 2.75) is 11.1 Å². The van der Waals surface area contributed by atoms with Crippen molar-refractivity contribution in [1.29, 1.82) is 0 Å². The third-order valence-corrected chi connectivity index (χ3v) is 3.89. The summed E-state index contributed by atoms with van der Waals surface area (Å²) in [6.07, 6.45) is -1.88. The molecule has 1 heterocycles. The number of methoxy groups -OCH3 is 1.